The van der Waals surface area contributed by atoms with E-state index in [1.807, 2.05) is 26.0 Å². The highest BCUT2D eigenvalue weighted by Gasteiger charge is 2.49. The van der Waals surface area contributed by atoms with Crippen molar-refractivity contribution in [3.8, 4) is 0 Å². The number of rotatable bonds is 2. The molecule has 0 N–H and O–H groups in total. The van der Waals surface area contributed by atoms with E-state index >= 15 is 0 Å². The smallest absolute Gasteiger partial charge is 0.321 e. The minimum atomic E-state index is -0.577. The molecule has 1 aliphatic heterocycles. The summed E-state index contributed by atoms with van der Waals surface area (Å²) in [6.45, 7) is 4.90. The van der Waals surface area contributed by atoms with E-state index < -0.39 is 5.41 Å². The van der Waals surface area contributed by atoms with Crippen molar-refractivity contribution in [2.75, 3.05) is 20.3 Å². The molecule has 3 nitrogen and oxygen atoms in total. The second-order valence-corrected chi connectivity index (χ2v) is 4.38. The summed E-state index contributed by atoms with van der Waals surface area (Å²) in [5.74, 6) is -0.203. The van der Waals surface area contributed by atoms with Gasteiger partial charge in [0.2, 0.25) is 0 Å². The number of aryl methyl sites for hydroxylation is 2. The van der Waals surface area contributed by atoms with Gasteiger partial charge in [-0.1, -0.05) is 23.8 Å². The van der Waals surface area contributed by atoms with Crippen molar-refractivity contribution in [3.05, 3.63) is 34.9 Å². The highest BCUT2D eigenvalue weighted by atomic mass is 16.5. The van der Waals surface area contributed by atoms with Crippen molar-refractivity contribution >= 4 is 5.97 Å². The second kappa shape index (κ2) is 3.91. The fourth-order valence-corrected chi connectivity index (χ4v) is 2.24. The zero-order chi connectivity index (χ0) is 11.8. The fraction of sp³-hybridized carbons (Fsp3) is 0.462. The first-order valence-corrected chi connectivity index (χ1v) is 5.34. The Morgan fingerprint density at radius 3 is 2.50 bits per heavy atom. The molecule has 0 spiro atoms. The molecule has 0 bridgehead atoms. The lowest BCUT2D eigenvalue weighted by atomic mass is 9.76. The Kier molecular flexibility index (Phi) is 2.72. The SMILES string of the molecule is COC(=O)C1(c2ccc(C)cc2C)COC1. The first-order chi connectivity index (χ1) is 7.60. The lowest BCUT2D eigenvalue weighted by Crippen LogP contribution is -2.54. The van der Waals surface area contributed by atoms with E-state index in [1.165, 1.54) is 12.7 Å². The predicted octanol–water partition coefficient (Wildman–Crippen LogP) is 1.74. The van der Waals surface area contributed by atoms with E-state index in [9.17, 15) is 4.79 Å². The lowest BCUT2D eigenvalue weighted by Gasteiger charge is -2.39. The average Bonchev–Trinajstić information content (AvgIpc) is 2.19. The third-order valence-electron chi connectivity index (χ3n) is 3.17. The summed E-state index contributed by atoms with van der Waals surface area (Å²) in [4.78, 5) is 11.9. The molecule has 86 valence electrons. The van der Waals surface area contributed by atoms with Crippen molar-refractivity contribution in [3.63, 3.8) is 0 Å². The topological polar surface area (TPSA) is 35.5 Å². The maximum Gasteiger partial charge on any atom is 0.321 e. The number of ether oxygens (including phenoxy) is 2. The molecular formula is C13H16O3. The summed E-state index contributed by atoms with van der Waals surface area (Å²) in [6, 6.07) is 6.10. The summed E-state index contributed by atoms with van der Waals surface area (Å²) >= 11 is 0. The molecule has 0 unspecified atom stereocenters. The molecule has 16 heavy (non-hydrogen) atoms. The van der Waals surface area contributed by atoms with Crippen molar-refractivity contribution in [1.29, 1.82) is 0 Å². The van der Waals surface area contributed by atoms with Gasteiger partial charge in [0.25, 0.3) is 0 Å². The summed E-state index contributed by atoms with van der Waals surface area (Å²) in [6.07, 6.45) is 0. The normalized spacial score (nSPS) is 17.7. The highest BCUT2D eigenvalue weighted by molar-refractivity contribution is 5.85. The fourth-order valence-electron chi connectivity index (χ4n) is 2.24. The average molecular weight is 220 g/mol. The van der Waals surface area contributed by atoms with Gasteiger partial charge in [0.15, 0.2) is 0 Å². The Hall–Kier alpha value is -1.35. The molecular weight excluding hydrogens is 204 g/mol. The number of hydrogen-bond acceptors (Lipinski definition) is 3. The van der Waals surface area contributed by atoms with Gasteiger partial charge in [-0.2, -0.15) is 0 Å². The maximum atomic E-state index is 11.9. The van der Waals surface area contributed by atoms with Gasteiger partial charge in [0.05, 0.1) is 20.3 Å². The van der Waals surface area contributed by atoms with E-state index in [0.29, 0.717) is 13.2 Å². The van der Waals surface area contributed by atoms with Crippen LogP contribution in [0.4, 0.5) is 0 Å². The van der Waals surface area contributed by atoms with Gasteiger partial charge in [0, 0.05) is 0 Å². The van der Waals surface area contributed by atoms with Crippen LogP contribution in [0, 0.1) is 13.8 Å². The van der Waals surface area contributed by atoms with Crippen LogP contribution >= 0.6 is 0 Å². The Morgan fingerprint density at radius 1 is 1.38 bits per heavy atom. The minimum absolute atomic E-state index is 0.203. The molecule has 0 radical (unpaired) electrons. The molecule has 3 heteroatoms. The molecule has 1 aromatic rings. The highest BCUT2D eigenvalue weighted by Crippen LogP contribution is 2.35. The van der Waals surface area contributed by atoms with Crippen LogP contribution in [0.2, 0.25) is 0 Å². The first kappa shape index (κ1) is 11.1. The minimum Gasteiger partial charge on any atom is -0.468 e. The zero-order valence-corrected chi connectivity index (χ0v) is 9.87. The summed E-state index contributed by atoms with van der Waals surface area (Å²) in [5.41, 5.74) is 2.76. The van der Waals surface area contributed by atoms with Crippen LogP contribution in [0.1, 0.15) is 16.7 Å². The third kappa shape index (κ3) is 1.52. The van der Waals surface area contributed by atoms with Crippen LogP contribution in [-0.4, -0.2) is 26.3 Å². The Balaban J connectivity index is 2.45. The van der Waals surface area contributed by atoms with Gasteiger partial charge in [-0.05, 0) is 25.0 Å². The number of esters is 1. The summed E-state index contributed by atoms with van der Waals surface area (Å²) in [5, 5.41) is 0. The second-order valence-electron chi connectivity index (χ2n) is 4.38. The van der Waals surface area contributed by atoms with Crippen molar-refractivity contribution in [2.24, 2.45) is 0 Å². The lowest BCUT2D eigenvalue weighted by molar-refractivity contribution is -0.166. The van der Waals surface area contributed by atoms with Gasteiger partial charge >= 0.3 is 5.97 Å². The number of carbonyl (C=O) groups is 1. The maximum absolute atomic E-state index is 11.9. The van der Waals surface area contributed by atoms with Crippen LogP contribution in [0.5, 0.6) is 0 Å². The number of methoxy groups -OCH3 is 1. The molecule has 0 atom stereocenters. The van der Waals surface area contributed by atoms with Crippen LogP contribution in [0.25, 0.3) is 0 Å². The Bertz CT molecular complexity index is 419. The van der Waals surface area contributed by atoms with Gasteiger partial charge in [-0.25, -0.2) is 0 Å². The van der Waals surface area contributed by atoms with E-state index in [0.717, 1.165) is 11.1 Å². The van der Waals surface area contributed by atoms with Gasteiger partial charge < -0.3 is 9.47 Å². The Morgan fingerprint density at radius 2 is 2.06 bits per heavy atom. The predicted molar refractivity (Wildman–Crippen MR) is 60.4 cm³/mol. The molecule has 1 aliphatic rings. The molecule has 0 amide bonds. The van der Waals surface area contributed by atoms with Crippen molar-refractivity contribution in [2.45, 2.75) is 19.3 Å². The van der Waals surface area contributed by atoms with Crippen molar-refractivity contribution in [1.82, 2.24) is 0 Å². The van der Waals surface area contributed by atoms with Crippen molar-refractivity contribution < 1.29 is 14.3 Å². The third-order valence-corrected chi connectivity index (χ3v) is 3.17. The van der Waals surface area contributed by atoms with E-state index in [-0.39, 0.29) is 5.97 Å². The van der Waals surface area contributed by atoms with Crippen LogP contribution in [0.3, 0.4) is 0 Å². The standard InChI is InChI=1S/C13H16O3/c1-9-4-5-11(10(2)6-9)13(7-16-8-13)12(14)15-3/h4-6H,7-8H2,1-3H3. The van der Waals surface area contributed by atoms with E-state index in [1.54, 1.807) is 0 Å². The van der Waals surface area contributed by atoms with E-state index in [4.69, 9.17) is 9.47 Å². The summed E-state index contributed by atoms with van der Waals surface area (Å²) in [7, 11) is 1.42. The molecule has 1 fully saturated rings. The molecule has 0 aliphatic carbocycles. The molecule has 1 saturated heterocycles. The molecule has 1 heterocycles. The quantitative estimate of drug-likeness (QED) is 0.712. The van der Waals surface area contributed by atoms with Crippen LogP contribution < -0.4 is 0 Å². The Labute approximate surface area is 95.4 Å². The van der Waals surface area contributed by atoms with Gasteiger partial charge in [-0.15, -0.1) is 0 Å². The number of benzene rings is 1. The number of carbonyl (C=O) groups excluding carboxylic acids is 1. The van der Waals surface area contributed by atoms with E-state index in [2.05, 4.69) is 6.07 Å². The largest absolute Gasteiger partial charge is 0.468 e. The molecule has 0 aromatic heterocycles. The monoisotopic (exact) mass is 220 g/mol. The van der Waals surface area contributed by atoms with Crippen LogP contribution in [0.15, 0.2) is 18.2 Å². The van der Waals surface area contributed by atoms with Crippen LogP contribution in [-0.2, 0) is 19.7 Å². The number of hydrogen-bond donors (Lipinski definition) is 0. The molecule has 2 rings (SSSR count). The van der Waals surface area contributed by atoms with Gasteiger partial charge in [-0.3, -0.25) is 4.79 Å². The summed E-state index contributed by atoms with van der Waals surface area (Å²) < 4.78 is 10.1. The van der Waals surface area contributed by atoms with Gasteiger partial charge in [0.1, 0.15) is 5.41 Å². The molecule has 1 aromatic carbocycles. The molecule has 0 saturated carbocycles. The first-order valence-electron chi connectivity index (χ1n) is 5.34. The zero-order valence-electron chi connectivity index (χ0n) is 9.87.